The van der Waals surface area contributed by atoms with Gasteiger partial charge in [0.1, 0.15) is 0 Å². The minimum Gasteiger partial charge on any atom is -0.379 e. The summed E-state index contributed by atoms with van der Waals surface area (Å²) >= 11 is 0. The third kappa shape index (κ3) is 3.98. The predicted molar refractivity (Wildman–Crippen MR) is 90.0 cm³/mol. The molecule has 1 aromatic rings. The molecule has 0 N–H and O–H groups in total. The number of benzene rings is 1. The summed E-state index contributed by atoms with van der Waals surface area (Å²) < 4.78 is 5.35. The number of nitrogens with zero attached hydrogens (tertiary/aromatic N) is 3. The van der Waals surface area contributed by atoms with E-state index in [0.717, 1.165) is 39.3 Å². The minimum atomic E-state index is -0.438. The van der Waals surface area contributed by atoms with Crippen LogP contribution in [0.4, 0.5) is 11.4 Å². The van der Waals surface area contributed by atoms with Gasteiger partial charge < -0.3 is 9.64 Å². The molecular weight excluding hydrogens is 310 g/mol. The molecule has 0 saturated carbocycles. The molecule has 7 nitrogen and oxygen atoms in total. The van der Waals surface area contributed by atoms with Crippen molar-refractivity contribution >= 4 is 17.3 Å². The molecule has 0 aromatic heterocycles. The van der Waals surface area contributed by atoms with Crippen molar-refractivity contribution in [3.63, 3.8) is 0 Å². The van der Waals surface area contributed by atoms with Crippen LogP contribution in [0.2, 0.25) is 0 Å². The van der Waals surface area contributed by atoms with Crippen molar-refractivity contribution in [2.24, 2.45) is 5.92 Å². The molecule has 1 unspecified atom stereocenters. The molecule has 0 aliphatic carbocycles. The molecule has 0 radical (unpaired) electrons. The van der Waals surface area contributed by atoms with Crippen LogP contribution >= 0.6 is 0 Å². The number of anilines is 1. The average Bonchev–Trinajstić information content (AvgIpc) is 2.62. The fourth-order valence-corrected chi connectivity index (χ4v) is 3.04. The van der Waals surface area contributed by atoms with E-state index in [4.69, 9.17) is 4.74 Å². The number of nitro groups is 1. The van der Waals surface area contributed by atoms with Crippen LogP contribution in [0.25, 0.3) is 0 Å². The van der Waals surface area contributed by atoms with Crippen LogP contribution in [-0.2, 0) is 9.53 Å². The van der Waals surface area contributed by atoms with Gasteiger partial charge in [-0.25, -0.2) is 0 Å². The van der Waals surface area contributed by atoms with E-state index in [1.807, 2.05) is 6.08 Å². The molecule has 7 heteroatoms. The lowest BCUT2D eigenvalue weighted by Crippen LogP contribution is -2.40. The lowest BCUT2D eigenvalue weighted by molar-refractivity contribution is -0.384. The third-order valence-corrected chi connectivity index (χ3v) is 4.49. The highest BCUT2D eigenvalue weighted by Gasteiger charge is 2.23. The van der Waals surface area contributed by atoms with Gasteiger partial charge in [-0.3, -0.25) is 19.8 Å². The summed E-state index contributed by atoms with van der Waals surface area (Å²) in [6.07, 6.45) is 4.56. The maximum absolute atomic E-state index is 12.1. The third-order valence-electron chi connectivity index (χ3n) is 4.49. The Hall–Kier alpha value is -2.25. The number of morpholine rings is 1. The molecule has 1 aromatic carbocycles. The van der Waals surface area contributed by atoms with Gasteiger partial charge in [0.2, 0.25) is 0 Å². The highest BCUT2D eigenvalue weighted by Crippen LogP contribution is 2.24. The second kappa shape index (κ2) is 7.55. The Morgan fingerprint density at radius 3 is 2.58 bits per heavy atom. The molecule has 1 amide bonds. The Balaban J connectivity index is 1.61. The molecule has 3 rings (SSSR count). The topological polar surface area (TPSA) is 75.9 Å². The van der Waals surface area contributed by atoms with E-state index in [0.29, 0.717) is 18.2 Å². The highest BCUT2D eigenvalue weighted by atomic mass is 16.6. The molecule has 0 spiro atoms. The first-order valence-electron chi connectivity index (χ1n) is 8.18. The normalized spacial score (nSPS) is 21.9. The Morgan fingerprint density at radius 1 is 1.21 bits per heavy atom. The first-order chi connectivity index (χ1) is 11.6. The number of hydrogen-bond acceptors (Lipinski definition) is 5. The second-order valence-corrected chi connectivity index (χ2v) is 6.08. The molecule has 1 fully saturated rings. The van der Waals surface area contributed by atoms with E-state index in [-0.39, 0.29) is 11.6 Å². The van der Waals surface area contributed by atoms with E-state index in [1.165, 1.54) is 12.1 Å². The van der Waals surface area contributed by atoms with Crippen molar-refractivity contribution in [3.8, 4) is 0 Å². The van der Waals surface area contributed by atoms with Gasteiger partial charge in [0.15, 0.2) is 0 Å². The summed E-state index contributed by atoms with van der Waals surface area (Å²) in [5.74, 6) is 0.215. The maximum Gasteiger partial charge on any atom is 0.269 e. The van der Waals surface area contributed by atoms with Crippen molar-refractivity contribution in [1.29, 1.82) is 0 Å². The number of hydrogen-bond donors (Lipinski definition) is 0. The molecule has 24 heavy (non-hydrogen) atoms. The Bertz CT molecular complexity index is 623. The van der Waals surface area contributed by atoms with Gasteiger partial charge in [0.05, 0.1) is 18.1 Å². The summed E-state index contributed by atoms with van der Waals surface area (Å²) in [7, 11) is 0. The number of amides is 1. The van der Waals surface area contributed by atoms with Crippen molar-refractivity contribution in [1.82, 2.24) is 4.90 Å². The van der Waals surface area contributed by atoms with Crippen molar-refractivity contribution in [3.05, 3.63) is 46.5 Å². The fourth-order valence-electron chi connectivity index (χ4n) is 3.04. The highest BCUT2D eigenvalue weighted by molar-refractivity contribution is 6.02. The van der Waals surface area contributed by atoms with Crippen molar-refractivity contribution in [2.75, 3.05) is 44.3 Å². The summed E-state index contributed by atoms with van der Waals surface area (Å²) in [5, 5.41) is 10.7. The number of nitro benzene ring substituents is 1. The summed E-state index contributed by atoms with van der Waals surface area (Å²) in [4.78, 5) is 26.5. The summed E-state index contributed by atoms with van der Waals surface area (Å²) in [5.41, 5.74) is 0.731. The van der Waals surface area contributed by atoms with Crippen LogP contribution in [0.15, 0.2) is 36.4 Å². The molecule has 2 heterocycles. The van der Waals surface area contributed by atoms with E-state index >= 15 is 0 Å². The smallest absolute Gasteiger partial charge is 0.269 e. The zero-order chi connectivity index (χ0) is 16.9. The van der Waals surface area contributed by atoms with E-state index < -0.39 is 4.92 Å². The van der Waals surface area contributed by atoms with Gasteiger partial charge in [-0.05, 0) is 37.1 Å². The van der Waals surface area contributed by atoms with Gasteiger partial charge in [-0.15, -0.1) is 0 Å². The lowest BCUT2D eigenvalue weighted by Gasteiger charge is -2.31. The number of ether oxygens (including phenoxy) is 1. The second-order valence-electron chi connectivity index (χ2n) is 6.08. The monoisotopic (exact) mass is 331 g/mol. The number of carbonyl (C=O) groups is 1. The number of rotatable bonds is 5. The average molecular weight is 331 g/mol. The van der Waals surface area contributed by atoms with Crippen LogP contribution in [0.5, 0.6) is 0 Å². The van der Waals surface area contributed by atoms with E-state index in [1.54, 1.807) is 23.1 Å². The Labute approximate surface area is 140 Å². The zero-order valence-electron chi connectivity index (χ0n) is 13.5. The van der Waals surface area contributed by atoms with Gasteiger partial charge in [0.25, 0.3) is 11.6 Å². The molecule has 1 atom stereocenters. The number of carbonyl (C=O) groups excluding carboxylic acids is 1. The van der Waals surface area contributed by atoms with Crippen LogP contribution in [-0.4, -0.2) is 55.1 Å². The van der Waals surface area contributed by atoms with Crippen LogP contribution in [0, 0.1) is 16.0 Å². The lowest BCUT2D eigenvalue weighted by atomic mass is 9.99. The minimum absolute atomic E-state index is 0.0302. The largest absolute Gasteiger partial charge is 0.379 e. The van der Waals surface area contributed by atoms with Crippen molar-refractivity contribution in [2.45, 2.75) is 6.42 Å². The van der Waals surface area contributed by atoms with E-state index in [2.05, 4.69) is 4.90 Å². The van der Waals surface area contributed by atoms with Crippen LogP contribution < -0.4 is 4.90 Å². The van der Waals surface area contributed by atoms with Crippen molar-refractivity contribution < 1.29 is 14.5 Å². The first kappa shape index (κ1) is 16.6. The van der Waals surface area contributed by atoms with Gasteiger partial charge in [0, 0.05) is 37.5 Å². The maximum atomic E-state index is 12.1. The SMILES string of the molecule is O=C1C=CC(CCN2CCOCC2)CN1c1ccc([N+](=O)[O-])cc1. The van der Waals surface area contributed by atoms with Crippen LogP contribution in [0.3, 0.4) is 0 Å². The summed E-state index contributed by atoms with van der Waals surface area (Å²) in [6.45, 7) is 5.09. The molecule has 2 aliphatic rings. The molecule has 1 saturated heterocycles. The first-order valence-corrected chi connectivity index (χ1v) is 8.18. The summed E-state index contributed by atoms with van der Waals surface area (Å²) in [6, 6.07) is 6.13. The molecular formula is C17H21N3O4. The molecule has 128 valence electrons. The quantitative estimate of drug-likeness (QED) is 0.608. The Kier molecular flexibility index (Phi) is 5.22. The van der Waals surface area contributed by atoms with Gasteiger partial charge in [-0.1, -0.05) is 6.08 Å². The zero-order valence-corrected chi connectivity index (χ0v) is 13.5. The fraction of sp³-hybridized carbons (Fsp3) is 0.471. The standard InChI is InChI=1S/C17H21N3O4/c21-17-6-1-14(7-8-18-9-11-24-12-10-18)13-19(17)15-2-4-16(5-3-15)20(22)23/h1-6,14H,7-13H2. The van der Waals surface area contributed by atoms with Gasteiger partial charge >= 0.3 is 0 Å². The molecule has 2 aliphatic heterocycles. The van der Waals surface area contributed by atoms with Gasteiger partial charge in [-0.2, -0.15) is 0 Å². The molecule has 0 bridgehead atoms. The Morgan fingerprint density at radius 2 is 1.92 bits per heavy atom. The van der Waals surface area contributed by atoms with E-state index in [9.17, 15) is 14.9 Å². The van der Waals surface area contributed by atoms with Crippen LogP contribution in [0.1, 0.15) is 6.42 Å². The number of non-ortho nitro benzene ring substituents is 1. The predicted octanol–water partition coefficient (Wildman–Crippen LogP) is 1.84.